The van der Waals surface area contributed by atoms with Crippen LogP contribution in [0, 0.1) is 0 Å². The van der Waals surface area contributed by atoms with Gasteiger partial charge in [0.1, 0.15) is 6.04 Å². The number of carbonyl (C=O) groups excluding carboxylic acids is 1. The van der Waals surface area contributed by atoms with Gasteiger partial charge in [0.2, 0.25) is 0 Å². The van der Waals surface area contributed by atoms with E-state index in [1.807, 2.05) is 60.9 Å². The third kappa shape index (κ3) is 7.89. The van der Waals surface area contributed by atoms with E-state index in [0.717, 1.165) is 22.3 Å². The molecule has 0 aliphatic rings. The Bertz CT molecular complexity index is 1040. The molecule has 1 heterocycles. The maximum atomic E-state index is 13.0. The van der Waals surface area contributed by atoms with E-state index in [-0.39, 0.29) is 12.4 Å². The molecule has 6 nitrogen and oxygen atoms in total. The summed E-state index contributed by atoms with van der Waals surface area (Å²) in [6.07, 6.45) is 5.75. The van der Waals surface area contributed by atoms with Crippen LogP contribution >= 0.6 is 24.2 Å². The van der Waals surface area contributed by atoms with E-state index in [0.29, 0.717) is 31.0 Å². The molecule has 0 spiro atoms. The first-order valence-corrected chi connectivity index (χ1v) is 11.7. The fourth-order valence-corrected chi connectivity index (χ4v) is 3.71. The second-order valence-corrected chi connectivity index (χ2v) is 8.23. The van der Waals surface area contributed by atoms with Gasteiger partial charge in [-0.1, -0.05) is 42.5 Å². The minimum Gasteiger partial charge on any atom is -0.480 e. The molecule has 0 saturated carbocycles. The number of carboxylic acid groups (broad SMARTS) is 1. The largest absolute Gasteiger partial charge is 0.480 e. The molecule has 0 fully saturated rings. The van der Waals surface area contributed by atoms with E-state index in [4.69, 9.17) is 4.74 Å². The van der Waals surface area contributed by atoms with E-state index in [1.54, 1.807) is 30.2 Å². The van der Waals surface area contributed by atoms with Gasteiger partial charge in [0.15, 0.2) is 0 Å². The van der Waals surface area contributed by atoms with Gasteiger partial charge in [-0.3, -0.25) is 9.78 Å². The molecule has 1 amide bonds. The van der Waals surface area contributed by atoms with Crippen LogP contribution in [0.25, 0.3) is 11.1 Å². The summed E-state index contributed by atoms with van der Waals surface area (Å²) in [4.78, 5) is 28.7. The summed E-state index contributed by atoms with van der Waals surface area (Å²) in [6.45, 7) is 0.814. The zero-order valence-corrected chi connectivity index (χ0v) is 19.9. The van der Waals surface area contributed by atoms with Gasteiger partial charge >= 0.3 is 5.97 Å². The highest BCUT2D eigenvalue weighted by atomic mass is 35.5. The third-order valence-electron chi connectivity index (χ3n) is 4.89. The molecule has 0 radical (unpaired) electrons. The Labute approximate surface area is 204 Å². The van der Waals surface area contributed by atoms with Crippen LogP contribution < -0.4 is 5.32 Å². The monoisotopic (exact) mass is 486 g/mol. The number of benzene rings is 2. The molecule has 174 valence electrons. The predicted octanol–water partition coefficient (Wildman–Crippen LogP) is 4.82. The number of aromatic nitrogens is 1. The SMILES string of the molecule is CSCC[C@H](NC(=O)c1ccc(COCc2cccnc2)cc1-c1ccccc1)C(=O)O.Cl. The number of pyridine rings is 1. The van der Waals surface area contributed by atoms with E-state index < -0.39 is 17.9 Å². The van der Waals surface area contributed by atoms with Crippen LogP contribution in [0.5, 0.6) is 0 Å². The summed E-state index contributed by atoms with van der Waals surface area (Å²) < 4.78 is 5.82. The van der Waals surface area contributed by atoms with Gasteiger partial charge in [-0.2, -0.15) is 11.8 Å². The lowest BCUT2D eigenvalue weighted by Crippen LogP contribution is -2.41. The molecular formula is C25H27ClN2O4S. The van der Waals surface area contributed by atoms with E-state index in [1.165, 1.54) is 0 Å². The van der Waals surface area contributed by atoms with Crippen molar-refractivity contribution in [3.8, 4) is 11.1 Å². The van der Waals surface area contributed by atoms with Crippen LogP contribution in [0.1, 0.15) is 27.9 Å². The molecule has 0 unspecified atom stereocenters. The van der Waals surface area contributed by atoms with E-state index in [9.17, 15) is 14.7 Å². The highest BCUT2D eigenvalue weighted by Crippen LogP contribution is 2.26. The number of hydrogen-bond donors (Lipinski definition) is 2. The van der Waals surface area contributed by atoms with Crippen molar-refractivity contribution in [3.05, 3.63) is 89.7 Å². The van der Waals surface area contributed by atoms with Gasteiger partial charge in [0, 0.05) is 18.0 Å². The van der Waals surface area contributed by atoms with E-state index in [2.05, 4.69) is 10.3 Å². The summed E-state index contributed by atoms with van der Waals surface area (Å²) in [7, 11) is 0. The lowest BCUT2D eigenvalue weighted by molar-refractivity contribution is -0.139. The predicted molar refractivity (Wildman–Crippen MR) is 134 cm³/mol. The van der Waals surface area contributed by atoms with Crippen LogP contribution in [0.4, 0.5) is 0 Å². The highest BCUT2D eigenvalue weighted by molar-refractivity contribution is 7.98. The van der Waals surface area contributed by atoms with Crippen molar-refractivity contribution in [2.75, 3.05) is 12.0 Å². The van der Waals surface area contributed by atoms with E-state index >= 15 is 0 Å². The number of nitrogens with one attached hydrogen (secondary N) is 1. The Morgan fingerprint density at radius 3 is 2.48 bits per heavy atom. The minimum absolute atomic E-state index is 0. The van der Waals surface area contributed by atoms with Crippen molar-refractivity contribution in [3.63, 3.8) is 0 Å². The van der Waals surface area contributed by atoms with Gasteiger partial charge in [-0.15, -0.1) is 12.4 Å². The lowest BCUT2D eigenvalue weighted by atomic mass is 9.96. The lowest BCUT2D eigenvalue weighted by Gasteiger charge is -2.17. The maximum absolute atomic E-state index is 13.0. The first-order valence-electron chi connectivity index (χ1n) is 10.3. The second-order valence-electron chi connectivity index (χ2n) is 7.25. The van der Waals surface area contributed by atoms with Crippen molar-refractivity contribution in [2.45, 2.75) is 25.7 Å². The van der Waals surface area contributed by atoms with Gasteiger partial charge in [-0.05, 0) is 58.9 Å². The average molecular weight is 487 g/mol. The molecule has 2 aromatic carbocycles. The molecule has 1 aromatic heterocycles. The van der Waals surface area contributed by atoms with Crippen molar-refractivity contribution < 1.29 is 19.4 Å². The molecule has 0 aliphatic carbocycles. The van der Waals surface area contributed by atoms with Gasteiger partial charge in [0.05, 0.1) is 13.2 Å². The molecule has 3 aromatic rings. The molecule has 0 bridgehead atoms. The van der Waals surface area contributed by atoms with Crippen LogP contribution in [0.2, 0.25) is 0 Å². The Kier molecular flexibility index (Phi) is 10.9. The van der Waals surface area contributed by atoms with Gasteiger partial charge < -0.3 is 15.2 Å². The zero-order valence-electron chi connectivity index (χ0n) is 18.3. The fraction of sp³-hybridized carbons (Fsp3) is 0.240. The normalized spacial score (nSPS) is 11.3. The number of halogens is 1. The smallest absolute Gasteiger partial charge is 0.326 e. The van der Waals surface area contributed by atoms with Crippen molar-refractivity contribution in [2.24, 2.45) is 0 Å². The molecule has 8 heteroatoms. The molecule has 0 saturated heterocycles. The first-order chi connectivity index (χ1) is 15.6. The molecule has 3 rings (SSSR count). The zero-order chi connectivity index (χ0) is 22.8. The summed E-state index contributed by atoms with van der Waals surface area (Å²) >= 11 is 1.55. The summed E-state index contributed by atoms with van der Waals surface area (Å²) in [5, 5.41) is 12.1. The van der Waals surface area contributed by atoms with Crippen LogP contribution in [0.15, 0.2) is 73.1 Å². The number of carboxylic acids is 1. The third-order valence-corrected chi connectivity index (χ3v) is 5.53. The second kappa shape index (κ2) is 13.6. The standard InChI is InChI=1S/C25H26N2O4S.ClH/c1-32-13-11-23(25(29)30)27-24(28)21-10-9-18(14-22(21)20-7-3-2-4-8-20)16-31-17-19-6-5-12-26-15-19;/h2-10,12,14-15,23H,11,13,16-17H2,1H3,(H,27,28)(H,29,30);1H/t23-;/m0./s1. The van der Waals surface area contributed by atoms with Crippen LogP contribution in [-0.4, -0.2) is 40.0 Å². The Morgan fingerprint density at radius 1 is 1.06 bits per heavy atom. The number of ether oxygens (including phenoxy) is 1. The summed E-state index contributed by atoms with van der Waals surface area (Å²) in [6, 6.07) is 17.9. The summed E-state index contributed by atoms with van der Waals surface area (Å²) in [5.74, 6) is -0.787. The van der Waals surface area contributed by atoms with Gasteiger partial charge in [0.25, 0.3) is 5.91 Å². The molecule has 2 N–H and O–H groups in total. The van der Waals surface area contributed by atoms with Crippen molar-refractivity contribution >= 4 is 36.0 Å². The van der Waals surface area contributed by atoms with Crippen LogP contribution in [0.3, 0.4) is 0 Å². The van der Waals surface area contributed by atoms with Crippen molar-refractivity contribution in [1.29, 1.82) is 0 Å². The number of carbonyl (C=O) groups is 2. The quantitative estimate of drug-likeness (QED) is 0.404. The molecule has 33 heavy (non-hydrogen) atoms. The Morgan fingerprint density at radius 2 is 1.82 bits per heavy atom. The van der Waals surface area contributed by atoms with Crippen LogP contribution in [-0.2, 0) is 22.7 Å². The molecular weight excluding hydrogens is 460 g/mol. The summed E-state index contributed by atoms with van der Waals surface area (Å²) in [5.41, 5.74) is 3.95. The number of hydrogen-bond acceptors (Lipinski definition) is 5. The number of aliphatic carboxylic acids is 1. The number of rotatable bonds is 11. The molecule has 0 aliphatic heterocycles. The average Bonchev–Trinajstić information content (AvgIpc) is 2.82. The fourth-order valence-electron chi connectivity index (χ4n) is 3.24. The topological polar surface area (TPSA) is 88.5 Å². The number of nitrogens with zero attached hydrogens (tertiary/aromatic N) is 1. The van der Waals surface area contributed by atoms with Crippen molar-refractivity contribution in [1.82, 2.24) is 10.3 Å². The molecule has 1 atom stereocenters. The number of thioether (sulfide) groups is 1. The number of amides is 1. The Balaban J connectivity index is 0.00000385. The first kappa shape index (κ1) is 26.4. The minimum atomic E-state index is -1.03. The Hall–Kier alpha value is -2.87. The van der Waals surface area contributed by atoms with Gasteiger partial charge in [-0.25, -0.2) is 4.79 Å². The highest BCUT2D eigenvalue weighted by Gasteiger charge is 2.22. The maximum Gasteiger partial charge on any atom is 0.326 e.